The van der Waals surface area contributed by atoms with E-state index in [2.05, 4.69) is 55.2 Å². The Morgan fingerprint density at radius 3 is 2.10 bits per heavy atom. The smallest absolute Gasteiger partial charge is 0.185 e. The van der Waals surface area contributed by atoms with Crippen LogP contribution in [0.15, 0.2) is 36.4 Å². The van der Waals surface area contributed by atoms with Gasteiger partial charge in [0.15, 0.2) is 12.0 Å². The number of hydrogen-bond donors (Lipinski definition) is 0. The lowest BCUT2D eigenvalue weighted by molar-refractivity contribution is 0.590. The molecular formula is C16H18N4. The molecule has 0 aliphatic carbocycles. The van der Waals surface area contributed by atoms with Crippen LogP contribution in [-0.2, 0) is 5.41 Å². The van der Waals surface area contributed by atoms with Crippen LogP contribution in [0.5, 0.6) is 0 Å². The average Bonchev–Trinajstić information content (AvgIpc) is 2.46. The highest BCUT2D eigenvalue weighted by Gasteiger charge is 2.13. The third kappa shape index (κ3) is 2.94. The number of hydrogen-bond acceptors (Lipinski definition) is 4. The first-order valence-corrected chi connectivity index (χ1v) is 6.50. The molecule has 102 valence electrons. The van der Waals surface area contributed by atoms with E-state index in [0.717, 1.165) is 11.3 Å². The standard InChI is InChI=1S/C16H18N4/c1-16(2,3)13-7-5-12(6-8-13)14-9-10-15(19-18-14)20(4)11-17/h5-10H,1-4H3. The summed E-state index contributed by atoms with van der Waals surface area (Å²) in [6, 6.07) is 12.0. The topological polar surface area (TPSA) is 52.8 Å². The Morgan fingerprint density at radius 1 is 1.00 bits per heavy atom. The predicted molar refractivity (Wildman–Crippen MR) is 80.2 cm³/mol. The highest BCUT2D eigenvalue weighted by Crippen LogP contribution is 2.25. The first-order valence-electron chi connectivity index (χ1n) is 6.50. The Labute approximate surface area is 119 Å². The molecule has 0 amide bonds. The quantitative estimate of drug-likeness (QED) is 0.618. The monoisotopic (exact) mass is 266 g/mol. The molecule has 4 nitrogen and oxygen atoms in total. The minimum absolute atomic E-state index is 0.142. The van der Waals surface area contributed by atoms with Crippen LogP contribution in [0.25, 0.3) is 11.3 Å². The zero-order chi connectivity index (χ0) is 14.8. The molecular weight excluding hydrogens is 248 g/mol. The Balaban J connectivity index is 2.27. The number of anilines is 1. The highest BCUT2D eigenvalue weighted by atomic mass is 15.2. The van der Waals surface area contributed by atoms with E-state index in [0.29, 0.717) is 5.82 Å². The van der Waals surface area contributed by atoms with E-state index in [1.165, 1.54) is 10.5 Å². The van der Waals surface area contributed by atoms with Crippen molar-refractivity contribution < 1.29 is 0 Å². The summed E-state index contributed by atoms with van der Waals surface area (Å²) in [6.45, 7) is 6.57. The van der Waals surface area contributed by atoms with Crippen molar-refractivity contribution in [1.82, 2.24) is 10.2 Å². The first kappa shape index (κ1) is 14.0. The molecule has 20 heavy (non-hydrogen) atoms. The molecule has 0 fully saturated rings. The van der Waals surface area contributed by atoms with Crippen LogP contribution < -0.4 is 4.90 Å². The zero-order valence-electron chi connectivity index (χ0n) is 12.3. The fourth-order valence-corrected chi connectivity index (χ4v) is 1.85. The molecule has 0 unspecified atom stereocenters. The molecule has 4 heteroatoms. The van der Waals surface area contributed by atoms with Crippen molar-refractivity contribution in [2.45, 2.75) is 26.2 Å². The second-order valence-electron chi connectivity index (χ2n) is 5.76. The molecule has 0 spiro atoms. The number of nitriles is 1. The summed E-state index contributed by atoms with van der Waals surface area (Å²) in [4.78, 5) is 1.37. The summed E-state index contributed by atoms with van der Waals surface area (Å²) in [5.74, 6) is 0.544. The Kier molecular flexibility index (Phi) is 3.71. The van der Waals surface area contributed by atoms with E-state index in [-0.39, 0.29) is 5.41 Å². The molecule has 0 atom stereocenters. The van der Waals surface area contributed by atoms with Gasteiger partial charge in [0.1, 0.15) is 0 Å². The van der Waals surface area contributed by atoms with Crippen LogP contribution in [0, 0.1) is 11.5 Å². The van der Waals surface area contributed by atoms with Crippen LogP contribution >= 0.6 is 0 Å². The van der Waals surface area contributed by atoms with Crippen LogP contribution in [0.3, 0.4) is 0 Å². The van der Waals surface area contributed by atoms with Gasteiger partial charge in [0.05, 0.1) is 5.69 Å². The largest absolute Gasteiger partial charge is 0.265 e. The SMILES string of the molecule is CN(C#N)c1ccc(-c2ccc(C(C)(C)C)cc2)nn1. The lowest BCUT2D eigenvalue weighted by Crippen LogP contribution is -2.11. The van der Waals surface area contributed by atoms with E-state index in [1.54, 1.807) is 13.1 Å². The van der Waals surface area contributed by atoms with E-state index >= 15 is 0 Å². The van der Waals surface area contributed by atoms with Gasteiger partial charge in [-0.2, -0.15) is 5.26 Å². The number of nitrogens with zero attached hydrogens (tertiary/aromatic N) is 4. The number of benzene rings is 1. The molecule has 0 aliphatic heterocycles. The van der Waals surface area contributed by atoms with Gasteiger partial charge in [-0.1, -0.05) is 45.0 Å². The molecule has 0 aliphatic rings. The molecule has 0 N–H and O–H groups in total. The third-order valence-electron chi connectivity index (χ3n) is 3.19. The van der Waals surface area contributed by atoms with Gasteiger partial charge in [0, 0.05) is 12.6 Å². The van der Waals surface area contributed by atoms with Crippen molar-refractivity contribution in [3.8, 4) is 17.5 Å². The molecule has 0 bridgehead atoms. The predicted octanol–water partition coefficient (Wildman–Crippen LogP) is 3.36. The average molecular weight is 266 g/mol. The second-order valence-corrected chi connectivity index (χ2v) is 5.76. The first-order chi connectivity index (χ1) is 9.41. The summed E-state index contributed by atoms with van der Waals surface area (Å²) in [5, 5.41) is 17.0. The van der Waals surface area contributed by atoms with Gasteiger partial charge in [-0.15, -0.1) is 10.2 Å². The Morgan fingerprint density at radius 2 is 1.65 bits per heavy atom. The van der Waals surface area contributed by atoms with E-state index in [4.69, 9.17) is 5.26 Å². The second kappa shape index (κ2) is 5.30. The normalized spacial score (nSPS) is 10.9. The lowest BCUT2D eigenvalue weighted by Gasteiger charge is -2.19. The van der Waals surface area contributed by atoms with Crippen molar-refractivity contribution in [2.24, 2.45) is 0 Å². The minimum atomic E-state index is 0.142. The minimum Gasteiger partial charge on any atom is -0.265 e. The van der Waals surface area contributed by atoms with E-state index in [9.17, 15) is 0 Å². The van der Waals surface area contributed by atoms with Crippen molar-refractivity contribution in [2.75, 3.05) is 11.9 Å². The fourth-order valence-electron chi connectivity index (χ4n) is 1.85. The number of aromatic nitrogens is 2. The lowest BCUT2D eigenvalue weighted by atomic mass is 9.86. The highest BCUT2D eigenvalue weighted by molar-refractivity contribution is 5.60. The van der Waals surface area contributed by atoms with Crippen molar-refractivity contribution in [3.05, 3.63) is 42.0 Å². The van der Waals surface area contributed by atoms with Crippen molar-refractivity contribution >= 4 is 5.82 Å². The summed E-state index contributed by atoms with van der Waals surface area (Å²) in [6.07, 6.45) is 2.00. The molecule has 2 aromatic rings. The molecule has 1 aromatic carbocycles. The van der Waals surface area contributed by atoms with Gasteiger partial charge in [-0.3, -0.25) is 4.90 Å². The molecule has 0 saturated carbocycles. The van der Waals surface area contributed by atoms with Crippen LogP contribution in [0.4, 0.5) is 5.82 Å². The number of rotatable bonds is 2. The summed E-state index contributed by atoms with van der Waals surface area (Å²) >= 11 is 0. The maximum atomic E-state index is 8.79. The zero-order valence-corrected chi connectivity index (χ0v) is 12.3. The summed E-state index contributed by atoms with van der Waals surface area (Å²) < 4.78 is 0. The maximum Gasteiger partial charge on any atom is 0.185 e. The third-order valence-corrected chi connectivity index (χ3v) is 3.19. The molecule has 1 aromatic heterocycles. The van der Waals surface area contributed by atoms with Crippen LogP contribution in [0.1, 0.15) is 26.3 Å². The Hall–Kier alpha value is -2.41. The molecule has 0 radical (unpaired) electrons. The maximum absolute atomic E-state index is 8.79. The summed E-state index contributed by atoms with van der Waals surface area (Å²) in [7, 11) is 1.65. The van der Waals surface area contributed by atoms with Gasteiger partial charge in [-0.05, 0) is 23.1 Å². The fraction of sp³-hybridized carbons (Fsp3) is 0.312. The van der Waals surface area contributed by atoms with E-state index < -0.39 is 0 Å². The van der Waals surface area contributed by atoms with Gasteiger partial charge in [0.25, 0.3) is 0 Å². The van der Waals surface area contributed by atoms with Crippen LogP contribution in [-0.4, -0.2) is 17.2 Å². The summed E-state index contributed by atoms with van der Waals surface area (Å²) in [5.41, 5.74) is 3.26. The van der Waals surface area contributed by atoms with Crippen molar-refractivity contribution in [1.29, 1.82) is 5.26 Å². The van der Waals surface area contributed by atoms with Crippen LogP contribution in [0.2, 0.25) is 0 Å². The molecule has 1 heterocycles. The van der Waals surface area contributed by atoms with E-state index in [1.807, 2.05) is 12.3 Å². The molecule has 2 rings (SSSR count). The van der Waals surface area contributed by atoms with Crippen molar-refractivity contribution in [3.63, 3.8) is 0 Å². The van der Waals surface area contributed by atoms with Gasteiger partial charge in [0.2, 0.25) is 0 Å². The van der Waals surface area contributed by atoms with Gasteiger partial charge < -0.3 is 0 Å². The molecule has 0 saturated heterocycles. The van der Waals surface area contributed by atoms with Gasteiger partial charge in [-0.25, -0.2) is 0 Å². The van der Waals surface area contributed by atoms with Gasteiger partial charge >= 0.3 is 0 Å². The Bertz CT molecular complexity index is 616.